The van der Waals surface area contributed by atoms with E-state index in [1.54, 1.807) is 59.5 Å². The van der Waals surface area contributed by atoms with E-state index in [4.69, 9.17) is 9.47 Å². The molecule has 1 N–H and O–H groups in total. The molecule has 2 heterocycles. The minimum absolute atomic E-state index is 0.133. The molecule has 5 rings (SSSR count). The molecule has 38 heavy (non-hydrogen) atoms. The van der Waals surface area contributed by atoms with E-state index in [2.05, 4.69) is 10.2 Å². The molecule has 2 amide bonds. The van der Waals surface area contributed by atoms with Crippen molar-refractivity contribution < 1.29 is 23.5 Å². The van der Waals surface area contributed by atoms with Crippen LogP contribution >= 0.6 is 0 Å². The molecule has 0 saturated carbocycles. The SMILES string of the molecule is O=C(NCCCN1CCOCC1)c1ccc(/C=C2\Oc3ccccc3N(Cc3cccc(F)c3)C2=O)cc1. The zero-order valence-corrected chi connectivity index (χ0v) is 21.1. The zero-order chi connectivity index (χ0) is 26.3. The number of anilines is 1. The Kier molecular flexibility index (Phi) is 8.11. The minimum atomic E-state index is -0.353. The number of para-hydroxylation sites is 2. The van der Waals surface area contributed by atoms with E-state index in [-0.39, 0.29) is 29.9 Å². The van der Waals surface area contributed by atoms with Crippen molar-refractivity contribution in [2.45, 2.75) is 13.0 Å². The Balaban J connectivity index is 1.24. The second-order valence-electron chi connectivity index (χ2n) is 9.29. The van der Waals surface area contributed by atoms with Crippen LogP contribution in [-0.4, -0.2) is 56.1 Å². The molecule has 0 aliphatic carbocycles. The van der Waals surface area contributed by atoms with Crippen LogP contribution in [-0.2, 0) is 16.1 Å². The number of carbonyl (C=O) groups excluding carboxylic acids is 2. The molecule has 3 aromatic carbocycles. The summed E-state index contributed by atoms with van der Waals surface area (Å²) in [4.78, 5) is 29.9. The molecule has 196 valence electrons. The highest BCUT2D eigenvalue weighted by molar-refractivity contribution is 6.09. The molecule has 0 radical (unpaired) electrons. The number of amides is 2. The van der Waals surface area contributed by atoms with Crippen LogP contribution in [0.5, 0.6) is 5.75 Å². The molecule has 1 fully saturated rings. The second-order valence-corrected chi connectivity index (χ2v) is 9.29. The van der Waals surface area contributed by atoms with Crippen LogP contribution in [0.3, 0.4) is 0 Å². The van der Waals surface area contributed by atoms with Crippen molar-refractivity contribution in [3.63, 3.8) is 0 Å². The van der Waals surface area contributed by atoms with Gasteiger partial charge in [-0.05, 0) is 66.6 Å². The normalized spacial score (nSPS) is 16.7. The highest BCUT2D eigenvalue weighted by Crippen LogP contribution is 2.36. The van der Waals surface area contributed by atoms with Crippen LogP contribution in [0.2, 0.25) is 0 Å². The summed E-state index contributed by atoms with van der Waals surface area (Å²) < 4.78 is 25.1. The molecule has 0 spiro atoms. The van der Waals surface area contributed by atoms with Gasteiger partial charge >= 0.3 is 0 Å². The Bertz CT molecular complexity index is 1320. The number of nitrogens with zero attached hydrogens (tertiary/aromatic N) is 2. The number of morpholine rings is 1. The van der Waals surface area contributed by atoms with Crippen molar-refractivity contribution in [2.24, 2.45) is 0 Å². The third-order valence-electron chi connectivity index (χ3n) is 6.57. The lowest BCUT2D eigenvalue weighted by atomic mass is 10.1. The summed E-state index contributed by atoms with van der Waals surface area (Å²) >= 11 is 0. The smallest absolute Gasteiger partial charge is 0.294 e. The van der Waals surface area contributed by atoms with Gasteiger partial charge in [0.25, 0.3) is 11.8 Å². The van der Waals surface area contributed by atoms with E-state index in [1.165, 1.54) is 12.1 Å². The fourth-order valence-corrected chi connectivity index (χ4v) is 4.55. The number of carbonyl (C=O) groups is 2. The second kappa shape index (κ2) is 12.0. The van der Waals surface area contributed by atoms with Crippen molar-refractivity contribution >= 4 is 23.6 Å². The number of rotatable bonds is 8. The first-order valence-corrected chi connectivity index (χ1v) is 12.8. The molecule has 2 aliphatic rings. The van der Waals surface area contributed by atoms with Gasteiger partial charge in [-0.25, -0.2) is 4.39 Å². The van der Waals surface area contributed by atoms with Crippen LogP contribution in [0.25, 0.3) is 6.08 Å². The summed E-state index contributed by atoms with van der Waals surface area (Å²) in [5.74, 6) is -0.113. The minimum Gasteiger partial charge on any atom is -0.449 e. The van der Waals surface area contributed by atoms with E-state index < -0.39 is 0 Å². The highest BCUT2D eigenvalue weighted by atomic mass is 19.1. The van der Waals surface area contributed by atoms with Crippen LogP contribution < -0.4 is 15.0 Å². The van der Waals surface area contributed by atoms with Gasteiger partial charge < -0.3 is 14.8 Å². The van der Waals surface area contributed by atoms with Gasteiger partial charge in [0.2, 0.25) is 0 Å². The van der Waals surface area contributed by atoms with Gasteiger partial charge in [0.15, 0.2) is 11.5 Å². The molecule has 1 saturated heterocycles. The molecule has 0 bridgehead atoms. The maximum absolute atomic E-state index is 13.8. The number of halogens is 1. The largest absolute Gasteiger partial charge is 0.449 e. The predicted molar refractivity (Wildman–Crippen MR) is 143 cm³/mol. The van der Waals surface area contributed by atoms with Gasteiger partial charge in [-0.2, -0.15) is 0 Å². The van der Waals surface area contributed by atoms with Crippen LogP contribution in [0.4, 0.5) is 10.1 Å². The third-order valence-corrected chi connectivity index (χ3v) is 6.57. The first-order chi connectivity index (χ1) is 18.6. The van der Waals surface area contributed by atoms with Gasteiger partial charge in [-0.1, -0.05) is 36.4 Å². The van der Waals surface area contributed by atoms with Crippen LogP contribution in [0.15, 0.2) is 78.6 Å². The fraction of sp³-hybridized carbons (Fsp3) is 0.267. The first kappa shape index (κ1) is 25.6. The summed E-state index contributed by atoms with van der Waals surface area (Å²) in [6.07, 6.45) is 2.53. The molecule has 0 unspecified atom stereocenters. The van der Waals surface area contributed by atoms with E-state index in [0.717, 1.165) is 44.8 Å². The number of benzene rings is 3. The summed E-state index contributed by atoms with van der Waals surface area (Å²) in [6.45, 7) is 5.15. The van der Waals surface area contributed by atoms with Gasteiger partial charge in [0.05, 0.1) is 25.4 Å². The first-order valence-electron chi connectivity index (χ1n) is 12.8. The summed E-state index contributed by atoms with van der Waals surface area (Å²) in [6, 6.07) is 20.5. The quantitative estimate of drug-likeness (QED) is 0.359. The molecule has 2 aliphatic heterocycles. The molecule has 7 nitrogen and oxygen atoms in total. The number of ether oxygens (including phenoxy) is 2. The van der Waals surface area contributed by atoms with Crippen LogP contribution in [0.1, 0.15) is 27.9 Å². The van der Waals surface area contributed by atoms with Crippen molar-refractivity contribution in [2.75, 3.05) is 44.3 Å². The molecule has 0 aromatic heterocycles. The Morgan fingerprint density at radius 1 is 1.00 bits per heavy atom. The average Bonchev–Trinajstić information content (AvgIpc) is 2.94. The highest BCUT2D eigenvalue weighted by Gasteiger charge is 2.30. The predicted octanol–water partition coefficient (Wildman–Crippen LogP) is 4.24. The number of fused-ring (bicyclic) bond motifs is 1. The standard InChI is InChI=1S/C30H30FN3O4/c31-25-6-3-5-23(19-25)21-34-26-7-1-2-8-27(26)38-28(30(34)36)20-22-9-11-24(12-10-22)29(35)32-13-4-14-33-15-17-37-18-16-33/h1-3,5-12,19-20H,4,13-18,21H2,(H,32,35)/b28-20-. The summed E-state index contributed by atoms with van der Waals surface area (Å²) in [7, 11) is 0. The summed E-state index contributed by atoms with van der Waals surface area (Å²) in [5.41, 5.74) is 2.57. The Morgan fingerprint density at radius 3 is 2.58 bits per heavy atom. The van der Waals surface area contributed by atoms with Crippen molar-refractivity contribution in [3.05, 3.63) is 101 Å². The zero-order valence-electron chi connectivity index (χ0n) is 21.1. The number of hydrogen-bond acceptors (Lipinski definition) is 5. The van der Waals surface area contributed by atoms with Gasteiger partial charge in [-0.15, -0.1) is 0 Å². The van der Waals surface area contributed by atoms with E-state index in [9.17, 15) is 14.0 Å². The topological polar surface area (TPSA) is 71.1 Å². The van der Waals surface area contributed by atoms with Crippen molar-refractivity contribution in [1.82, 2.24) is 10.2 Å². The lowest BCUT2D eigenvalue weighted by molar-refractivity contribution is -0.117. The average molecular weight is 516 g/mol. The van der Waals surface area contributed by atoms with Gasteiger partial charge in [-0.3, -0.25) is 19.4 Å². The van der Waals surface area contributed by atoms with E-state index >= 15 is 0 Å². The molecule has 3 aromatic rings. The maximum atomic E-state index is 13.8. The van der Waals surface area contributed by atoms with Crippen molar-refractivity contribution in [1.29, 1.82) is 0 Å². The molecule has 8 heteroatoms. The van der Waals surface area contributed by atoms with Crippen molar-refractivity contribution in [3.8, 4) is 5.75 Å². The van der Waals surface area contributed by atoms with E-state index in [1.807, 2.05) is 12.1 Å². The van der Waals surface area contributed by atoms with Crippen LogP contribution in [0, 0.1) is 5.82 Å². The van der Waals surface area contributed by atoms with E-state index in [0.29, 0.717) is 29.1 Å². The lowest BCUT2D eigenvalue weighted by Crippen LogP contribution is -2.38. The number of nitrogens with one attached hydrogen (secondary N) is 1. The molecule has 0 atom stereocenters. The molecular weight excluding hydrogens is 485 g/mol. The fourth-order valence-electron chi connectivity index (χ4n) is 4.55. The van der Waals surface area contributed by atoms with Gasteiger partial charge in [0, 0.05) is 25.2 Å². The monoisotopic (exact) mass is 515 g/mol. The Labute approximate surface area is 221 Å². The van der Waals surface area contributed by atoms with Gasteiger partial charge in [0.1, 0.15) is 5.82 Å². The number of hydrogen-bond donors (Lipinski definition) is 1. The maximum Gasteiger partial charge on any atom is 0.294 e. The Hall–Kier alpha value is -4.01. The lowest BCUT2D eigenvalue weighted by Gasteiger charge is -2.30. The third kappa shape index (κ3) is 6.27. The Morgan fingerprint density at radius 2 is 1.79 bits per heavy atom. The molecular formula is C30H30FN3O4. The summed E-state index contributed by atoms with van der Waals surface area (Å²) in [5, 5.41) is 2.97.